The zero-order valence-corrected chi connectivity index (χ0v) is 12.7. The maximum Gasteiger partial charge on any atom is 0.0514 e. The van der Waals surface area contributed by atoms with Crippen LogP contribution in [0.2, 0.25) is 0 Å². The molecule has 0 bridgehead atoms. The Labute approximate surface area is 114 Å². The van der Waals surface area contributed by atoms with Crippen LogP contribution in [0, 0.1) is 5.92 Å². The molecule has 3 heteroatoms. The van der Waals surface area contributed by atoms with Crippen LogP contribution in [0.4, 0.5) is 0 Å². The second-order valence-electron chi connectivity index (χ2n) is 4.94. The third-order valence-corrected chi connectivity index (χ3v) is 5.50. The van der Waals surface area contributed by atoms with Crippen molar-refractivity contribution in [3.63, 3.8) is 0 Å². The van der Waals surface area contributed by atoms with Gasteiger partial charge in [-0.05, 0) is 25.5 Å². The second-order valence-corrected chi connectivity index (χ2v) is 6.78. The van der Waals surface area contributed by atoms with E-state index in [1.807, 2.05) is 25.2 Å². The van der Waals surface area contributed by atoms with E-state index in [0.717, 1.165) is 12.2 Å². The van der Waals surface area contributed by atoms with Crippen molar-refractivity contribution in [1.29, 1.82) is 0 Å². The molecule has 4 unspecified atom stereocenters. The van der Waals surface area contributed by atoms with Gasteiger partial charge in [0.2, 0.25) is 0 Å². The van der Waals surface area contributed by atoms with Gasteiger partial charge >= 0.3 is 0 Å². The number of rotatable bonds is 7. The van der Waals surface area contributed by atoms with Gasteiger partial charge in [-0.2, -0.15) is 0 Å². The first-order valence-electron chi connectivity index (χ1n) is 6.69. The number of nitrogens with one attached hydrogen (secondary N) is 1. The van der Waals surface area contributed by atoms with Crippen LogP contribution in [-0.4, -0.2) is 22.3 Å². The first-order chi connectivity index (χ1) is 8.60. The smallest absolute Gasteiger partial charge is 0.0514 e. The van der Waals surface area contributed by atoms with Crippen molar-refractivity contribution >= 4 is 10.8 Å². The zero-order valence-electron chi connectivity index (χ0n) is 11.8. The van der Waals surface area contributed by atoms with Gasteiger partial charge in [0.25, 0.3) is 0 Å². The monoisotopic (exact) mass is 267 g/mol. The van der Waals surface area contributed by atoms with E-state index in [1.54, 1.807) is 0 Å². The normalized spacial score (nSPS) is 18.0. The molecular weight excluding hydrogens is 242 g/mol. The molecule has 0 saturated heterocycles. The Morgan fingerprint density at radius 1 is 1.22 bits per heavy atom. The van der Waals surface area contributed by atoms with E-state index < -0.39 is 10.8 Å². The molecule has 1 aromatic carbocycles. The average molecular weight is 267 g/mol. The van der Waals surface area contributed by atoms with Crippen molar-refractivity contribution in [3.8, 4) is 0 Å². The standard InChI is InChI=1S/C15H25NOS/c1-5-12(2)11-18(17)13(3)15(16-4)14-9-7-6-8-10-14/h6-10,12-13,15-16H,5,11H2,1-4H3. The van der Waals surface area contributed by atoms with E-state index in [2.05, 4.69) is 38.2 Å². The van der Waals surface area contributed by atoms with Gasteiger partial charge in [0.15, 0.2) is 0 Å². The van der Waals surface area contributed by atoms with Gasteiger partial charge in [0.05, 0.1) is 5.25 Å². The van der Waals surface area contributed by atoms with Crippen molar-refractivity contribution in [3.05, 3.63) is 35.9 Å². The highest BCUT2D eigenvalue weighted by molar-refractivity contribution is 7.85. The number of hydrogen-bond acceptors (Lipinski definition) is 2. The maximum atomic E-state index is 12.4. The Kier molecular flexibility index (Phi) is 6.58. The van der Waals surface area contributed by atoms with Crippen LogP contribution in [-0.2, 0) is 10.8 Å². The first-order valence-corrected chi connectivity index (χ1v) is 8.07. The molecule has 0 saturated carbocycles. The van der Waals surface area contributed by atoms with Gasteiger partial charge in [-0.1, -0.05) is 50.6 Å². The summed E-state index contributed by atoms with van der Waals surface area (Å²) in [5.74, 6) is 1.32. The molecule has 0 aliphatic heterocycles. The molecule has 0 aliphatic rings. The highest BCUT2D eigenvalue weighted by atomic mass is 32.2. The average Bonchev–Trinajstić information content (AvgIpc) is 2.40. The van der Waals surface area contributed by atoms with Crippen LogP contribution < -0.4 is 5.32 Å². The van der Waals surface area contributed by atoms with Gasteiger partial charge in [0, 0.05) is 22.6 Å². The topological polar surface area (TPSA) is 29.1 Å². The van der Waals surface area contributed by atoms with Crippen LogP contribution in [0.3, 0.4) is 0 Å². The van der Waals surface area contributed by atoms with Gasteiger partial charge in [-0.3, -0.25) is 4.21 Å². The molecule has 0 heterocycles. The SMILES string of the molecule is CCC(C)CS(=O)C(C)C(NC)c1ccccc1. The fourth-order valence-corrected chi connectivity index (χ4v) is 3.73. The van der Waals surface area contributed by atoms with Gasteiger partial charge in [-0.25, -0.2) is 0 Å². The van der Waals surface area contributed by atoms with Gasteiger partial charge < -0.3 is 5.32 Å². The Bertz CT molecular complexity index is 366. The van der Waals surface area contributed by atoms with Gasteiger partial charge in [-0.15, -0.1) is 0 Å². The molecule has 0 spiro atoms. The molecule has 0 fully saturated rings. The van der Waals surface area contributed by atoms with Crippen molar-refractivity contribution < 1.29 is 4.21 Å². The molecule has 1 N–H and O–H groups in total. The summed E-state index contributed by atoms with van der Waals surface area (Å²) in [6.45, 7) is 6.40. The van der Waals surface area contributed by atoms with Crippen LogP contribution in [0.25, 0.3) is 0 Å². The Morgan fingerprint density at radius 2 is 1.83 bits per heavy atom. The fraction of sp³-hybridized carbons (Fsp3) is 0.600. The Hall–Kier alpha value is -0.670. The molecule has 102 valence electrons. The van der Waals surface area contributed by atoms with Gasteiger partial charge in [0.1, 0.15) is 0 Å². The molecule has 0 aliphatic carbocycles. The zero-order chi connectivity index (χ0) is 13.5. The molecule has 1 rings (SSSR count). The molecule has 0 radical (unpaired) electrons. The summed E-state index contributed by atoms with van der Waals surface area (Å²) >= 11 is 0. The van der Waals surface area contributed by atoms with E-state index in [4.69, 9.17) is 0 Å². The Balaban J connectivity index is 2.74. The summed E-state index contributed by atoms with van der Waals surface area (Å²) < 4.78 is 12.4. The third kappa shape index (κ3) is 4.21. The molecule has 0 aromatic heterocycles. The summed E-state index contributed by atoms with van der Waals surface area (Å²) in [6, 6.07) is 10.4. The fourth-order valence-electron chi connectivity index (χ4n) is 2.03. The van der Waals surface area contributed by atoms with Crippen LogP contribution in [0.5, 0.6) is 0 Å². The first kappa shape index (κ1) is 15.4. The summed E-state index contributed by atoms with van der Waals surface area (Å²) in [7, 11) is 1.15. The van der Waals surface area contributed by atoms with Crippen LogP contribution in [0.15, 0.2) is 30.3 Å². The summed E-state index contributed by atoms with van der Waals surface area (Å²) in [6.07, 6.45) is 1.09. The summed E-state index contributed by atoms with van der Waals surface area (Å²) in [5, 5.41) is 3.43. The second kappa shape index (κ2) is 7.70. The molecule has 18 heavy (non-hydrogen) atoms. The minimum atomic E-state index is -0.788. The third-order valence-electron chi connectivity index (χ3n) is 3.50. The maximum absolute atomic E-state index is 12.4. The van der Waals surface area contributed by atoms with Crippen molar-refractivity contribution in [2.75, 3.05) is 12.8 Å². The molecule has 4 atom stereocenters. The van der Waals surface area contributed by atoms with E-state index in [0.29, 0.717) is 5.92 Å². The molecular formula is C15H25NOS. The van der Waals surface area contributed by atoms with Crippen LogP contribution in [0.1, 0.15) is 38.8 Å². The number of benzene rings is 1. The predicted octanol–water partition coefficient (Wildman–Crippen LogP) is 3.13. The van der Waals surface area contributed by atoms with Crippen molar-refractivity contribution in [2.24, 2.45) is 5.92 Å². The molecule has 1 aromatic rings. The van der Waals surface area contributed by atoms with Crippen molar-refractivity contribution in [1.82, 2.24) is 5.32 Å². The lowest BCUT2D eigenvalue weighted by Gasteiger charge is -2.24. The predicted molar refractivity (Wildman–Crippen MR) is 80.2 cm³/mol. The van der Waals surface area contributed by atoms with E-state index in [-0.39, 0.29) is 11.3 Å². The lowest BCUT2D eigenvalue weighted by molar-refractivity contribution is 0.558. The lowest BCUT2D eigenvalue weighted by Crippen LogP contribution is -2.32. The largest absolute Gasteiger partial charge is 0.312 e. The molecule has 2 nitrogen and oxygen atoms in total. The number of hydrogen-bond donors (Lipinski definition) is 1. The quantitative estimate of drug-likeness (QED) is 0.822. The van der Waals surface area contributed by atoms with E-state index in [1.165, 1.54) is 5.56 Å². The highest BCUT2D eigenvalue weighted by Gasteiger charge is 2.23. The van der Waals surface area contributed by atoms with E-state index in [9.17, 15) is 4.21 Å². The minimum absolute atomic E-state index is 0.131. The van der Waals surface area contributed by atoms with E-state index >= 15 is 0 Å². The summed E-state index contributed by atoms with van der Waals surface area (Å²) in [4.78, 5) is 0. The Morgan fingerprint density at radius 3 is 2.33 bits per heavy atom. The summed E-state index contributed by atoms with van der Waals surface area (Å²) in [5.41, 5.74) is 1.21. The minimum Gasteiger partial charge on any atom is -0.312 e. The van der Waals surface area contributed by atoms with Crippen LogP contribution >= 0.6 is 0 Å². The lowest BCUT2D eigenvalue weighted by atomic mass is 10.0. The molecule has 0 amide bonds. The highest BCUT2D eigenvalue weighted by Crippen LogP contribution is 2.21. The van der Waals surface area contributed by atoms with Crippen molar-refractivity contribution in [2.45, 2.75) is 38.5 Å².